The van der Waals surface area contributed by atoms with E-state index < -0.39 is 0 Å². The van der Waals surface area contributed by atoms with Crippen LogP contribution in [0.5, 0.6) is 0 Å². The lowest BCUT2D eigenvalue weighted by molar-refractivity contribution is -0.116. The van der Waals surface area contributed by atoms with E-state index in [0.717, 1.165) is 27.7 Å². The van der Waals surface area contributed by atoms with Gasteiger partial charge in [0.05, 0.1) is 18.3 Å². The van der Waals surface area contributed by atoms with Gasteiger partial charge in [0.2, 0.25) is 5.91 Å². The van der Waals surface area contributed by atoms with Crippen LogP contribution in [0.1, 0.15) is 17.5 Å². The molecule has 0 radical (unpaired) electrons. The SMILES string of the molecule is Cc1cc(C)cc(NC(=O)CCn2ncc3ccccc32)c1. The summed E-state index contributed by atoms with van der Waals surface area (Å²) in [5, 5.41) is 8.39. The number of nitrogens with zero attached hydrogens (tertiary/aromatic N) is 2. The number of nitrogens with one attached hydrogen (secondary N) is 1. The second kappa shape index (κ2) is 6.02. The highest BCUT2D eigenvalue weighted by Gasteiger charge is 2.06. The Morgan fingerprint density at radius 2 is 1.86 bits per heavy atom. The van der Waals surface area contributed by atoms with Crippen LogP contribution < -0.4 is 5.32 Å². The van der Waals surface area contributed by atoms with Crippen molar-refractivity contribution in [2.75, 3.05) is 5.32 Å². The van der Waals surface area contributed by atoms with Gasteiger partial charge in [-0.2, -0.15) is 5.10 Å². The summed E-state index contributed by atoms with van der Waals surface area (Å²) < 4.78 is 1.87. The lowest BCUT2D eigenvalue weighted by atomic mass is 10.1. The molecule has 0 unspecified atom stereocenters. The van der Waals surface area contributed by atoms with Gasteiger partial charge in [-0.15, -0.1) is 0 Å². The average Bonchev–Trinajstić information content (AvgIpc) is 2.87. The van der Waals surface area contributed by atoms with Gasteiger partial charge < -0.3 is 5.32 Å². The van der Waals surface area contributed by atoms with Crippen LogP contribution in [0.15, 0.2) is 48.7 Å². The minimum atomic E-state index is 0.00424. The lowest BCUT2D eigenvalue weighted by Gasteiger charge is -2.08. The predicted octanol–water partition coefficient (Wildman–Crippen LogP) is 3.68. The quantitative estimate of drug-likeness (QED) is 0.797. The van der Waals surface area contributed by atoms with Crippen LogP contribution in [-0.2, 0) is 11.3 Å². The number of aromatic nitrogens is 2. The second-order valence-electron chi connectivity index (χ2n) is 5.60. The van der Waals surface area contributed by atoms with Crippen LogP contribution in [0.2, 0.25) is 0 Å². The number of hydrogen-bond acceptors (Lipinski definition) is 2. The molecule has 0 spiro atoms. The molecule has 3 rings (SSSR count). The van der Waals surface area contributed by atoms with Crippen molar-refractivity contribution >= 4 is 22.5 Å². The first-order chi connectivity index (χ1) is 10.6. The molecule has 0 aliphatic rings. The highest BCUT2D eigenvalue weighted by Crippen LogP contribution is 2.15. The predicted molar refractivity (Wildman–Crippen MR) is 88.9 cm³/mol. The Bertz CT molecular complexity index is 800. The topological polar surface area (TPSA) is 46.9 Å². The standard InChI is InChI=1S/C18H19N3O/c1-13-9-14(2)11-16(10-13)20-18(22)7-8-21-17-6-4-3-5-15(17)12-19-21/h3-6,9-12H,7-8H2,1-2H3,(H,20,22). The molecule has 0 saturated carbocycles. The third-order valence-electron chi connectivity index (χ3n) is 3.61. The summed E-state index contributed by atoms with van der Waals surface area (Å²) in [6, 6.07) is 14.1. The van der Waals surface area contributed by atoms with Crippen molar-refractivity contribution in [3.8, 4) is 0 Å². The number of fused-ring (bicyclic) bond motifs is 1. The summed E-state index contributed by atoms with van der Waals surface area (Å²) in [6.07, 6.45) is 2.23. The Kier molecular flexibility index (Phi) is 3.92. The summed E-state index contributed by atoms with van der Waals surface area (Å²) in [6.45, 7) is 4.63. The monoisotopic (exact) mass is 293 g/mol. The van der Waals surface area contributed by atoms with Crippen LogP contribution in [0, 0.1) is 13.8 Å². The molecule has 1 heterocycles. The molecule has 3 aromatic rings. The Morgan fingerprint density at radius 3 is 2.64 bits per heavy atom. The number of benzene rings is 2. The molecule has 0 aliphatic carbocycles. The van der Waals surface area contributed by atoms with E-state index >= 15 is 0 Å². The third kappa shape index (κ3) is 3.17. The minimum Gasteiger partial charge on any atom is -0.326 e. The molecule has 1 amide bonds. The molecule has 4 nitrogen and oxygen atoms in total. The Morgan fingerprint density at radius 1 is 1.14 bits per heavy atom. The molecular formula is C18H19N3O. The zero-order chi connectivity index (χ0) is 15.5. The maximum atomic E-state index is 12.1. The van der Waals surface area contributed by atoms with Crippen molar-refractivity contribution in [2.45, 2.75) is 26.8 Å². The number of para-hydroxylation sites is 1. The summed E-state index contributed by atoms with van der Waals surface area (Å²) in [5.41, 5.74) is 4.20. The van der Waals surface area contributed by atoms with E-state index in [1.165, 1.54) is 0 Å². The number of rotatable bonds is 4. The molecule has 1 aromatic heterocycles. The first-order valence-corrected chi connectivity index (χ1v) is 7.40. The van der Waals surface area contributed by atoms with Gasteiger partial charge in [0.15, 0.2) is 0 Å². The Hall–Kier alpha value is -2.62. The fraction of sp³-hybridized carbons (Fsp3) is 0.222. The number of aryl methyl sites for hydroxylation is 3. The van der Waals surface area contributed by atoms with Gasteiger partial charge in [0.25, 0.3) is 0 Å². The first-order valence-electron chi connectivity index (χ1n) is 7.40. The summed E-state index contributed by atoms with van der Waals surface area (Å²) in [4.78, 5) is 12.1. The molecule has 0 fully saturated rings. The molecule has 2 aromatic carbocycles. The molecular weight excluding hydrogens is 274 g/mol. The third-order valence-corrected chi connectivity index (χ3v) is 3.61. The normalized spacial score (nSPS) is 10.8. The number of anilines is 1. The largest absolute Gasteiger partial charge is 0.326 e. The molecule has 112 valence electrons. The Labute approximate surface area is 129 Å². The van der Waals surface area contributed by atoms with Gasteiger partial charge in [0.1, 0.15) is 0 Å². The molecule has 0 saturated heterocycles. The minimum absolute atomic E-state index is 0.00424. The van der Waals surface area contributed by atoms with Crippen molar-refractivity contribution in [1.29, 1.82) is 0 Å². The molecule has 1 N–H and O–H groups in total. The van der Waals surface area contributed by atoms with Gasteiger partial charge in [-0.25, -0.2) is 0 Å². The van der Waals surface area contributed by atoms with E-state index in [9.17, 15) is 4.79 Å². The number of carbonyl (C=O) groups excluding carboxylic acids is 1. The molecule has 4 heteroatoms. The summed E-state index contributed by atoms with van der Waals surface area (Å²) >= 11 is 0. The first kappa shape index (κ1) is 14.3. The van der Waals surface area contributed by atoms with Crippen LogP contribution in [-0.4, -0.2) is 15.7 Å². The van der Waals surface area contributed by atoms with Crippen molar-refractivity contribution in [3.63, 3.8) is 0 Å². The van der Waals surface area contributed by atoms with E-state index in [-0.39, 0.29) is 5.91 Å². The number of amides is 1. The lowest BCUT2D eigenvalue weighted by Crippen LogP contribution is -2.15. The van der Waals surface area contributed by atoms with E-state index in [2.05, 4.69) is 16.5 Å². The summed E-state index contributed by atoms with van der Waals surface area (Å²) in [7, 11) is 0. The van der Waals surface area contributed by atoms with Crippen molar-refractivity contribution < 1.29 is 4.79 Å². The van der Waals surface area contributed by atoms with E-state index in [0.29, 0.717) is 13.0 Å². The van der Waals surface area contributed by atoms with Crippen molar-refractivity contribution in [3.05, 3.63) is 59.8 Å². The van der Waals surface area contributed by atoms with Crippen LogP contribution in [0.3, 0.4) is 0 Å². The maximum Gasteiger partial charge on any atom is 0.226 e. The van der Waals surface area contributed by atoms with Crippen LogP contribution in [0.25, 0.3) is 10.9 Å². The molecule has 0 atom stereocenters. The van der Waals surface area contributed by atoms with Gasteiger partial charge in [-0.3, -0.25) is 9.48 Å². The zero-order valence-electron chi connectivity index (χ0n) is 12.8. The van der Waals surface area contributed by atoms with E-state index in [4.69, 9.17) is 0 Å². The van der Waals surface area contributed by atoms with E-state index in [1.54, 1.807) is 0 Å². The second-order valence-corrected chi connectivity index (χ2v) is 5.60. The van der Waals surface area contributed by atoms with Gasteiger partial charge in [-0.05, 0) is 43.2 Å². The van der Waals surface area contributed by atoms with E-state index in [1.807, 2.05) is 61.1 Å². The highest BCUT2D eigenvalue weighted by molar-refractivity contribution is 5.91. The number of hydrogen-bond donors (Lipinski definition) is 1. The smallest absolute Gasteiger partial charge is 0.226 e. The summed E-state index contributed by atoms with van der Waals surface area (Å²) in [5.74, 6) is 0.00424. The van der Waals surface area contributed by atoms with Gasteiger partial charge in [0, 0.05) is 17.5 Å². The van der Waals surface area contributed by atoms with Crippen LogP contribution in [0.4, 0.5) is 5.69 Å². The van der Waals surface area contributed by atoms with Crippen LogP contribution >= 0.6 is 0 Å². The highest BCUT2D eigenvalue weighted by atomic mass is 16.1. The zero-order valence-corrected chi connectivity index (χ0v) is 12.8. The van der Waals surface area contributed by atoms with Gasteiger partial charge in [-0.1, -0.05) is 24.3 Å². The molecule has 22 heavy (non-hydrogen) atoms. The van der Waals surface area contributed by atoms with Gasteiger partial charge >= 0.3 is 0 Å². The maximum absolute atomic E-state index is 12.1. The average molecular weight is 293 g/mol. The molecule has 0 aliphatic heterocycles. The molecule has 0 bridgehead atoms. The van der Waals surface area contributed by atoms with Crippen molar-refractivity contribution in [1.82, 2.24) is 9.78 Å². The fourth-order valence-electron chi connectivity index (χ4n) is 2.68. The Balaban J connectivity index is 1.65. The van der Waals surface area contributed by atoms with Crippen molar-refractivity contribution in [2.24, 2.45) is 0 Å². The fourth-order valence-corrected chi connectivity index (χ4v) is 2.68. The number of carbonyl (C=O) groups is 1.